The Kier molecular flexibility index (Phi) is 5.68. The molecule has 0 unspecified atom stereocenters. The molecule has 1 aromatic carbocycles. The normalized spacial score (nSPS) is 11.1. The Balaban J connectivity index is 2.34. The molecule has 2 aromatic heterocycles. The van der Waals surface area contributed by atoms with E-state index in [1.807, 2.05) is 45.0 Å². The number of carbonyl (C=O) groups excluding carboxylic acids is 1. The van der Waals surface area contributed by atoms with Crippen molar-refractivity contribution < 1.29 is 4.79 Å². The third kappa shape index (κ3) is 3.60. The molecular formula is C22H26N4O3. The maximum atomic E-state index is 13.4. The fourth-order valence-electron chi connectivity index (χ4n) is 3.55. The molecule has 0 saturated heterocycles. The van der Waals surface area contributed by atoms with Gasteiger partial charge in [0.05, 0.1) is 17.5 Å². The monoisotopic (exact) mass is 394 g/mol. The largest absolute Gasteiger partial charge is 0.339 e. The number of nitrogens with zero attached hydrogens (tertiary/aromatic N) is 4. The molecule has 0 fully saturated rings. The number of hydrogen-bond donors (Lipinski definition) is 0. The molecular weight excluding hydrogens is 368 g/mol. The fourth-order valence-corrected chi connectivity index (χ4v) is 3.55. The minimum absolute atomic E-state index is 0.140. The lowest BCUT2D eigenvalue weighted by molar-refractivity contribution is 0.0774. The van der Waals surface area contributed by atoms with E-state index in [1.54, 1.807) is 24.9 Å². The first-order valence-corrected chi connectivity index (χ1v) is 9.75. The van der Waals surface area contributed by atoms with Crippen molar-refractivity contribution in [2.75, 3.05) is 13.1 Å². The first-order valence-electron chi connectivity index (χ1n) is 9.75. The Morgan fingerprint density at radius 1 is 1.10 bits per heavy atom. The smallest absolute Gasteiger partial charge is 0.332 e. The highest BCUT2D eigenvalue weighted by Gasteiger charge is 2.23. The fraction of sp³-hybridized carbons (Fsp3) is 0.364. The van der Waals surface area contributed by atoms with Gasteiger partial charge in [-0.25, -0.2) is 9.78 Å². The number of benzene rings is 1. The van der Waals surface area contributed by atoms with Gasteiger partial charge in [0.1, 0.15) is 5.65 Å². The molecule has 29 heavy (non-hydrogen) atoms. The van der Waals surface area contributed by atoms with Crippen LogP contribution < -0.4 is 11.2 Å². The molecule has 3 aromatic rings. The van der Waals surface area contributed by atoms with Gasteiger partial charge >= 0.3 is 5.69 Å². The third-order valence-corrected chi connectivity index (χ3v) is 5.29. The number of hydrogen-bond acceptors (Lipinski definition) is 4. The standard InChI is InChI=1S/C22H26N4O3/c1-6-25(7-2)20(27)17-12-15(4)23-19-18(17)21(28)26(22(29)24(19)5)13-16-11-9-8-10-14(16)3/h8-12H,6-7,13H2,1-5H3. The van der Waals surface area contributed by atoms with Crippen LogP contribution in [0.4, 0.5) is 0 Å². The number of amides is 1. The van der Waals surface area contributed by atoms with Crippen LogP contribution in [0.25, 0.3) is 11.0 Å². The molecule has 2 heterocycles. The van der Waals surface area contributed by atoms with Crippen LogP contribution >= 0.6 is 0 Å². The molecule has 0 aliphatic heterocycles. The average Bonchev–Trinajstić information content (AvgIpc) is 2.71. The summed E-state index contributed by atoms with van der Waals surface area (Å²) >= 11 is 0. The second-order valence-corrected chi connectivity index (χ2v) is 7.15. The Morgan fingerprint density at radius 2 is 1.76 bits per heavy atom. The minimum atomic E-state index is -0.491. The highest BCUT2D eigenvalue weighted by atomic mass is 16.2. The van der Waals surface area contributed by atoms with E-state index in [4.69, 9.17) is 0 Å². The van der Waals surface area contributed by atoms with Crippen molar-refractivity contribution in [3.05, 3.63) is 73.6 Å². The zero-order valence-electron chi connectivity index (χ0n) is 17.5. The number of aromatic nitrogens is 3. The molecule has 0 bridgehead atoms. The van der Waals surface area contributed by atoms with Crippen molar-refractivity contribution in [1.29, 1.82) is 0 Å². The lowest BCUT2D eigenvalue weighted by atomic mass is 10.1. The van der Waals surface area contributed by atoms with Crippen LogP contribution in [0.2, 0.25) is 0 Å². The summed E-state index contributed by atoms with van der Waals surface area (Å²) in [4.78, 5) is 45.5. The topological polar surface area (TPSA) is 77.2 Å². The van der Waals surface area contributed by atoms with Gasteiger partial charge in [0.25, 0.3) is 11.5 Å². The summed E-state index contributed by atoms with van der Waals surface area (Å²) in [5.74, 6) is -0.233. The summed E-state index contributed by atoms with van der Waals surface area (Å²) in [7, 11) is 1.58. The predicted molar refractivity (Wildman–Crippen MR) is 114 cm³/mol. The van der Waals surface area contributed by atoms with Crippen molar-refractivity contribution >= 4 is 16.9 Å². The van der Waals surface area contributed by atoms with Gasteiger partial charge in [-0.3, -0.25) is 18.7 Å². The molecule has 0 atom stereocenters. The van der Waals surface area contributed by atoms with E-state index < -0.39 is 11.2 Å². The maximum Gasteiger partial charge on any atom is 0.332 e. The van der Waals surface area contributed by atoms with E-state index in [9.17, 15) is 14.4 Å². The minimum Gasteiger partial charge on any atom is -0.339 e. The zero-order valence-corrected chi connectivity index (χ0v) is 17.5. The van der Waals surface area contributed by atoms with Gasteiger partial charge in [0.15, 0.2) is 0 Å². The third-order valence-electron chi connectivity index (χ3n) is 5.29. The Labute approximate surface area is 169 Å². The number of pyridine rings is 1. The molecule has 152 valence electrons. The molecule has 1 amide bonds. The molecule has 0 aliphatic carbocycles. The van der Waals surface area contributed by atoms with E-state index in [0.29, 0.717) is 18.8 Å². The number of carbonyl (C=O) groups is 1. The quantitative estimate of drug-likeness (QED) is 0.665. The van der Waals surface area contributed by atoms with Gasteiger partial charge in [-0.1, -0.05) is 24.3 Å². The van der Waals surface area contributed by atoms with E-state index >= 15 is 0 Å². The Morgan fingerprint density at radius 3 is 2.38 bits per heavy atom. The van der Waals surface area contributed by atoms with Crippen molar-refractivity contribution in [3.8, 4) is 0 Å². The van der Waals surface area contributed by atoms with Gasteiger partial charge in [-0.15, -0.1) is 0 Å². The van der Waals surface area contributed by atoms with Gasteiger partial charge < -0.3 is 4.90 Å². The molecule has 0 N–H and O–H groups in total. The highest BCUT2D eigenvalue weighted by Crippen LogP contribution is 2.17. The molecule has 7 nitrogen and oxygen atoms in total. The molecule has 7 heteroatoms. The molecule has 0 spiro atoms. The first-order chi connectivity index (χ1) is 13.8. The molecule has 0 aliphatic rings. The van der Waals surface area contributed by atoms with E-state index in [2.05, 4.69) is 4.98 Å². The SMILES string of the molecule is CCN(CC)C(=O)c1cc(C)nc2c1c(=O)n(Cc1ccccc1C)c(=O)n2C. The summed E-state index contributed by atoms with van der Waals surface area (Å²) in [6, 6.07) is 9.24. The van der Waals surface area contributed by atoms with Crippen LogP contribution in [0, 0.1) is 13.8 Å². The van der Waals surface area contributed by atoms with Crippen molar-refractivity contribution in [3.63, 3.8) is 0 Å². The lowest BCUT2D eigenvalue weighted by Crippen LogP contribution is -2.41. The van der Waals surface area contributed by atoms with E-state index in [-0.39, 0.29) is 29.0 Å². The van der Waals surface area contributed by atoms with Crippen molar-refractivity contribution in [1.82, 2.24) is 19.0 Å². The van der Waals surface area contributed by atoms with Gasteiger partial charge in [0, 0.05) is 25.8 Å². The van der Waals surface area contributed by atoms with Gasteiger partial charge in [0.2, 0.25) is 0 Å². The molecule has 0 radical (unpaired) electrons. The van der Waals surface area contributed by atoms with Crippen LogP contribution in [0.3, 0.4) is 0 Å². The Hall–Kier alpha value is -3.22. The van der Waals surface area contributed by atoms with Crippen LogP contribution in [-0.4, -0.2) is 38.0 Å². The van der Waals surface area contributed by atoms with E-state index in [0.717, 1.165) is 11.1 Å². The lowest BCUT2D eigenvalue weighted by Gasteiger charge is -2.20. The van der Waals surface area contributed by atoms with Crippen LogP contribution in [-0.2, 0) is 13.6 Å². The molecule has 3 rings (SSSR count). The highest BCUT2D eigenvalue weighted by molar-refractivity contribution is 6.05. The number of fused-ring (bicyclic) bond motifs is 1. The summed E-state index contributed by atoms with van der Waals surface area (Å²) in [5, 5.41) is 0.184. The van der Waals surface area contributed by atoms with Crippen molar-refractivity contribution in [2.24, 2.45) is 7.05 Å². The summed E-state index contributed by atoms with van der Waals surface area (Å²) < 4.78 is 2.53. The van der Waals surface area contributed by atoms with Gasteiger partial charge in [-0.2, -0.15) is 0 Å². The van der Waals surface area contributed by atoms with Crippen LogP contribution in [0.1, 0.15) is 41.0 Å². The number of aryl methyl sites for hydroxylation is 3. The summed E-state index contributed by atoms with van der Waals surface area (Å²) in [6.45, 7) is 8.67. The maximum absolute atomic E-state index is 13.4. The zero-order chi connectivity index (χ0) is 21.3. The van der Waals surface area contributed by atoms with Gasteiger partial charge in [-0.05, 0) is 44.9 Å². The first kappa shape index (κ1) is 20.5. The number of rotatable bonds is 5. The van der Waals surface area contributed by atoms with E-state index in [1.165, 1.54) is 9.13 Å². The Bertz CT molecular complexity index is 1200. The summed E-state index contributed by atoms with van der Waals surface area (Å²) in [5.41, 5.74) is 2.02. The second-order valence-electron chi connectivity index (χ2n) is 7.15. The average molecular weight is 394 g/mol. The molecule has 0 saturated carbocycles. The second kappa shape index (κ2) is 8.03. The van der Waals surface area contributed by atoms with Crippen LogP contribution in [0.15, 0.2) is 39.9 Å². The predicted octanol–water partition coefficient (Wildman–Crippen LogP) is 2.24. The summed E-state index contributed by atoms with van der Waals surface area (Å²) in [6.07, 6.45) is 0. The van der Waals surface area contributed by atoms with Crippen molar-refractivity contribution in [2.45, 2.75) is 34.2 Å². The van der Waals surface area contributed by atoms with Crippen LogP contribution in [0.5, 0.6) is 0 Å².